The zero-order valence-corrected chi connectivity index (χ0v) is 23.1. The third-order valence-corrected chi connectivity index (χ3v) is 9.98. The Morgan fingerprint density at radius 1 is 1.05 bits per heavy atom. The lowest BCUT2D eigenvalue weighted by atomic mass is 9.98. The Bertz CT molecular complexity index is 1230. The van der Waals surface area contributed by atoms with E-state index in [1.165, 1.54) is 23.2 Å². The highest BCUT2D eigenvalue weighted by molar-refractivity contribution is 7.93. The van der Waals surface area contributed by atoms with E-state index in [1.54, 1.807) is 17.0 Å². The monoisotopic (exact) mass is 559 g/mol. The van der Waals surface area contributed by atoms with Gasteiger partial charge in [-0.05, 0) is 74.1 Å². The summed E-state index contributed by atoms with van der Waals surface area (Å²) in [5, 5.41) is 9.18. The fraction of sp³-hybridized carbons (Fsp3) is 0.500. The van der Waals surface area contributed by atoms with Gasteiger partial charge in [-0.15, -0.1) is 0 Å². The molecule has 39 heavy (non-hydrogen) atoms. The summed E-state index contributed by atoms with van der Waals surface area (Å²) in [4.78, 5) is 28.8. The third-order valence-electron chi connectivity index (χ3n) is 7.47. The molecule has 0 atom stereocenters. The number of hydrogen-bond donors (Lipinski definition) is 2. The van der Waals surface area contributed by atoms with Gasteiger partial charge in [-0.3, -0.25) is 14.9 Å². The van der Waals surface area contributed by atoms with E-state index in [2.05, 4.69) is 19.1 Å². The number of hydrogen-bond acceptors (Lipinski definition) is 7. The molecule has 11 heteroatoms. The van der Waals surface area contributed by atoms with E-state index in [9.17, 15) is 23.2 Å². The molecule has 0 unspecified atom stereocenters. The van der Waals surface area contributed by atoms with Crippen molar-refractivity contribution in [3.8, 4) is 5.75 Å². The Hall–Kier alpha value is -3.15. The Morgan fingerprint density at radius 2 is 1.74 bits per heavy atom. The van der Waals surface area contributed by atoms with Crippen LogP contribution in [0.1, 0.15) is 44.6 Å². The molecule has 0 saturated carbocycles. The van der Waals surface area contributed by atoms with Crippen molar-refractivity contribution in [1.29, 1.82) is 0 Å². The zero-order valence-electron chi connectivity index (χ0n) is 22.3. The minimum Gasteiger partial charge on any atom is -0.494 e. The summed E-state index contributed by atoms with van der Waals surface area (Å²) in [6, 6.07) is 14.1. The van der Waals surface area contributed by atoms with Crippen molar-refractivity contribution >= 4 is 27.5 Å². The maximum atomic E-state index is 13.3. The lowest BCUT2D eigenvalue weighted by Gasteiger charge is -2.34. The number of carbonyl (C=O) groups excluding carboxylic acids is 2. The van der Waals surface area contributed by atoms with Gasteiger partial charge < -0.3 is 14.4 Å². The van der Waals surface area contributed by atoms with Gasteiger partial charge in [0.15, 0.2) is 14.6 Å². The first-order chi connectivity index (χ1) is 18.8. The van der Waals surface area contributed by atoms with E-state index < -0.39 is 20.5 Å². The van der Waals surface area contributed by atoms with E-state index in [1.807, 2.05) is 17.0 Å². The number of aryl methyl sites for hydroxylation is 1. The van der Waals surface area contributed by atoms with Crippen LogP contribution in [-0.4, -0.2) is 74.7 Å². The third kappa shape index (κ3) is 6.21. The Kier molecular flexibility index (Phi) is 9.47. The SMILES string of the molecule is CCCCc1ccc(N2CCN(CCCOc3ccc(S(=O)(=O)C4(C(=O)NO)CCOCC4)cc3)C2=O)cc1. The highest BCUT2D eigenvalue weighted by atomic mass is 32.2. The van der Waals surface area contributed by atoms with Crippen LogP contribution in [0.2, 0.25) is 0 Å². The van der Waals surface area contributed by atoms with E-state index in [4.69, 9.17) is 9.47 Å². The van der Waals surface area contributed by atoms with Crippen molar-refractivity contribution in [1.82, 2.24) is 10.4 Å². The number of ether oxygens (including phenoxy) is 2. The fourth-order valence-corrected chi connectivity index (χ4v) is 7.00. The standard InChI is InChI=1S/C28H37N3O7S/c1-2-3-5-22-6-8-23(9-7-22)31-18-17-30(27(31)33)16-4-19-38-24-10-12-25(13-11-24)39(35,36)28(26(32)29-34)14-20-37-21-15-28/h6-13,34H,2-5,14-21H2,1H3,(H,29,32). The molecule has 10 nitrogen and oxygen atoms in total. The molecule has 2 heterocycles. The number of amides is 3. The summed E-state index contributed by atoms with van der Waals surface area (Å²) in [5.41, 5.74) is 3.71. The first kappa shape index (κ1) is 28.8. The smallest absolute Gasteiger partial charge is 0.324 e. The maximum Gasteiger partial charge on any atom is 0.324 e. The normalized spacial score (nSPS) is 17.3. The number of unbranched alkanes of at least 4 members (excludes halogenated alkanes) is 1. The molecule has 0 radical (unpaired) electrons. The highest BCUT2D eigenvalue weighted by Crippen LogP contribution is 2.35. The summed E-state index contributed by atoms with van der Waals surface area (Å²) < 4.78 is 35.9. The Morgan fingerprint density at radius 3 is 2.38 bits per heavy atom. The molecule has 0 aliphatic carbocycles. The van der Waals surface area contributed by atoms with Crippen LogP contribution in [0.3, 0.4) is 0 Å². The predicted molar refractivity (Wildman–Crippen MR) is 146 cm³/mol. The number of nitrogens with zero attached hydrogens (tertiary/aromatic N) is 2. The van der Waals surface area contributed by atoms with Crippen LogP contribution in [0.15, 0.2) is 53.4 Å². The van der Waals surface area contributed by atoms with Crippen LogP contribution in [0.25, 0.3) is 0 Å². The van der Waals surface area contributed by atoms with Crippen LogP contribution in [-0.2, 0) is 25.8 Å². The van der Waals surface area contributed by atoms with Gasteiger partial charge >= 0.3 is 6.03 Å². The van der Waals surface area contributed by atoms with E-state index >= 15 is 0 Å². The summed E-state index contributed by atoms with van der Waals surface area (Å²) >= 11 is 0. The summed E-state index contributed by atoms with van der Waals surface area (Å²) in [5.74, 6) is -0.468. The lowest BCUT2D eigenvalue weighted by Crippen LogP contribution is -2.54. The van der Waals surface area contributed by atoms with Gasteiger partial charge in [0.1, 0.15) is 5.75 Å². The van der Waals surface area contributed by atoms with Gasteiger partial charge in [0, 0.05) is 38.5 Å². The molecule has 0 spiro atoms. The number of sulfone groups is 1. The number of rotatable bonds is 12. The predicted octanol–water partition coefficient (Wildman–Crippen LogP) is 3.57. The van der Waals surface area contributed by atoms with Gasteiger partial charge in [-0.25, -0.2) is 18.7 Å². The first-order valence-corrected chi connectivity index (χ1v) is 15.0. The summed E-state index contributed by atoms with van der Waals surface area (Å²) in [6.45, 7) is 4.59. The number of hydroxylamine groups is 1. The molecule has 2 saturated heterocycles. The lowest BCUT2D eigenvalue weighted by molar-refractivity contribution is -0.134. The summed E-state index contributed by atoms with van der Waals surface area (Å²) in [7, 11) is -4.09. The molecule has 2 N–H and O–H groups in total. The molecular formula is C28H37N3O7S. The van der Waals surface area contributed by atoms with Crippen molar-refractivity contribution in [2.45, 2.75) is 55.1 Å². The number of carbonyl (C=O) groups is 2. The van der Waals surface area contributed by atoms with E-state index in [0.29, 0.717) is 38.4 Å². The molecule has 2 aliphatic rings. The quantitative estimate of drug-likeness (QED) is 0.231. The minimum atomic E-state index is -4.09. The molecule has 0 aromatic heterocycles. The summed E-state index contributed by atoms with van der Waals surface area (Å²) in [6.07, 6.45) is 3.89. The first-order valence-electron chi connectivity index (χ1n) is 13.5. The number of urea groups is 1. The maximum absolute atomic E-state index is 13.3. The van der Waals surface area contributed by atoms with Crippen molar-refractivity contribution in [2.24, 2.45) is 0 Å². The van der Waals surface area contributed by atoms with Crippen LogP contribution in [0.4, 0.5) is 10.5 Å². The van der Waals surface area contributed by atoms with Crippen LogP contribution >= 0.6 is 0 Å². The van der Waals surface area contributed by atoms with Gasteiger partial charge in [0.05, 0.1) is 11.5 Å². The zero-order chi connectivity index (χ0) is 27.9. The molecule has 2 fully saturated rings. The molecule has 2 aromatic carbocycles. The second-order valence-electron chi connectivity index (χ2n) is 9.92. The average Bonchev–Trinajstić information content (AvgIpc) is 3.34. The van der Waals surface area contributed by atoms with Crippen LogP contribution in [0, 0.1) is 0 Å². The second-order valence-corrected chi connectivity index (χ2v) is 12.2. The topological polar surface area (TPSA) is 125 Å². The van der Waals surface area contributed by atoms with Gasteiger partial charge in [0.2, 0.25) is 0 Å². The molecule has 2 aromatic rings. The van der Waals surface area contributed by atoms with Crippen molar-refractivity contribution in [3.63, 3.8) is 0 Å². The highest BCUT2D eigenvalue weighted by Gasteiger charge is 2.52. The number of benzene rings is 2. The van der Waals surface area contributed by atoms with E-state index in [0.717, 1.165) is 24.9 Å². The molecule has 2 aliphatic heterocycles. The molecule has 212 valence electrons. The van der Waals surface area contributed by atoms with E-state index in [-0.39, 0.29) is 37.0 Å². The van der Waals surface area contributed by atoms with Gasteiger partial charge in [0.25, 0.3) is 5.91 Å². The second kappa shape index (κ2) is 12.8. The number of nitrogens with one attached hydrogen (secondary N) is 1. The van der Waals surface area contributed by atoms with Crippen LogP contribution in [0.5, 0.6) is 5.75 Å². The Labute approximate surface area is 229 Å². The fourth-order valence-electron chi connectivity index (χ4n) is 5.06. The molecule has 3 amide bonds. The van der Waals surface area contributed by atoms with Gasteiger partial charge in [-0.1, -0.05) is 25.5 Å². The largest absolute Gasteiger partial charge is 0.494 e. The van der Waals surface area contributed by atoms with Crippen molar-refractivity contribution in [3.05, 3.63) is 54.1 Å². The molecule has 0 bridgehead atoms. The van der Waals surface area contributed by atoms with Gasteiger partial charge in [-0.2, -0.15) is 0 Å². The van der Waals surface area contributed by atoms with Crippen molar-refractivity contribution in [2.75, 3.05) is 44.4 Å². The molecular weight excluding hydrogens is 522 g/mol. The van der Waals surface area contributed by atoms with Crippen LogP contribution < -0.4 is 15.1 Å². The average molecular weight is 560 g/mol. The Balaban J connectivity index is 1.27. The number of anilines is 1. The van der Waals surface area contributed by atoms with Crippen molar-refractivity contribution < 1.29 is 32.7 Å². The molecule has 4 rings (SSSR count). The minimum absolute atomic E-state index is 0.0141.